The molecule has 1 aliphatic carbocycles. The van der Waals surface area contributed by atoms with Crippen molar-refractivity contribution in [3.63, 3.8) is 0 Å². The number of amides is 2. The van der Waals surface area contributed by atoms with Crippen LogP contribution in [-0.4, -0.2) is 34.6 Å². The van der Waals surface area contributed by atoms with Crippen LogP contribution in [-0.2, 0) is 21.9 Å². The third-order valence-electron chi connectivity index (χ3n) is 6.14. The molecule has 0 heterocycles. The van der Waals surface area contributed by atoms with Gasteiger partial charge in [-0.05, 0) is 49.1 Å². The molecule has 184 valence electrons. The van der Waals surface area contributed by atoms with E-state index in [4.69, 9.17) is 11.6 Å². The van der Waals surface area contributed by atoms with Crippen molar-refractivity contribution in [3.05, 3.63) is 70.2 Å². The monoisotopic (exact) mass is 508 g/mol. The molecule has 0 saturated heterocycles. The second-order valence-electron chi connectivity index (χ2n) is 8.61. The predicted octanol–water partition coefficient (Wildman–Crippen LogP) is 6.11. The lowest BCUT2D eigenvalue weighted by Gasteiger charge is -2.32. The van der Waals surface area contributed by atoms with E-state index in [2.05, 4.69) is 5.32 Å². The fourth-order valence-corrected chi connectivity index (χ4v) is 5.49. The number of thioether (sulfide) groups is 1. The summed E-state index contributed by atoms with van der Waals surface area (Å²) in [5.41, 5.74) is 1.09. The van der Waals surface area contributed by atoms with Crippen molar-refractivity contribution < 1.29 is 18.4 Å². The molecular formula is C26H31ClF2N2O2S. The van der Waals surface area contributed by atoms with Gasteiger partial charge in [0.1, 0.15) is 17.7 Å². The van der Waals surface area contributed by atoms with E-state index in [0.717, 1.165) is 31.2 Å². The minimum atomic E-state index is -0.642. The number of carbonyl (C=O) groups excluding carboxylic acids is 2. The Bertz CT molecular complexity index is 948. The smallest absolute Gasteiger partial charge is 0.243 e. The molecule has 1 saturated carbocycles. The first kappa shape index (κ1) is 26.5. The number of nitrogens with one attached hydrogen (secondary N) is 1. The zero-order chi connectivity index (χ0) is 24.5. The molecule has 0 spiro atoms. The summed E-state index contributed by atoms with van der Waals surface area (Å²) in [5, 5.41) is 3.45. The topological polar surface area (TPSA) is 49.4 Å². The Morgan fingerprint density at radius 1 is 1.12 bits per heavy atom. The van der Waals surface area contributed by atoms with Crippen LogP contribution in [0.2, 0.25) is 5.02 Å². The molecule has 0 aliphatic heterocycles. The minimum absolute atomic E-state index is 0.0685. The second-order valence-corrected chi connectivity index (χ2v) is 10.0. The molecule has 2 aromatic carbocycles. The van der Waals surface area contributed by atoms with E-state index in [1.54, 1.807) is 23.1 Å². The summed E-state index contributed by atoms with van der Waals surface area (Å²) in [6.07, 6.45) is 5.72. The molecule has 4 nitrogen and oxygen atoms in total. The standard InChI is InChI=1S/C26H31ClF2N2O2S/c1-2-24(26(33)30-20-7-4-3-5-8-20)31(15-18-11-13-19(28)14-12-18)25(32)17-34-16-21-22(27)9-6-10-23(21)29/h6,9-14,20,24H,2-5,7-8,15-17H2,1H3,(H,30,33)/t24-/m1/s1. The lowest BCUT2D eigenvalue weighted by atomic mass is 9.95. The first-order chi connectivity index (χ1) is 16.4. The fourth-order valence-electron chi connectivity index (χ4n) is 4.24. The maximum absolute atomic E-state index is 14.1. The summed E-state index contributed by atoms with van der Waals surface area (Å²) in [4.78, 5) is 28.0. The lowest BCUT2D eigenvalue weighted by molar-refractivity contribution is -0.139. The highest BCUT2D eigenvalue weighted by Gasteiger charge is 2.30. The van der Waals surface area contributed by atoms with E-state index in [1.807, 2.05) is 6.92 Å². The van der Waals surface area contributed by atoms with Crippen LogP contribution in [0.5, 0.6) is 0 Å². The molecule has 8 heteroatoms. The van der Waals surface area contributed by atoms with Gasteiger partial charge in [-0.25, -0.2) is 8.78 Å². The van der Waals surface area contributed by atoms with Crippen LogP contribution in [0.4, 0.5) is 8.78 Å². The zero-order valence-electron chi connectivity index (χ0n) is 19.4. The fraction of sp³-hybridized carbons (Fsp3) is 0.462. The van der Waals surface area contributed by atoms with Gasteiger partial charge in [-0.1, -0.05) is 56.0 Å². The van der Waals surface area contributed by atoms with Gasteiger partial charge < -0.3 is 10.2 Å². The largest absolute Gasteiger partial charge is 0.352 e. The average Bonchev–Trinajstić information content (AvgIpc) is 2.82. The summed E-state index contributed by atoms with van der Waals surface area (Å²) in [6.45, 7) is 2.07. The molecular weight excluding hydrogens is 478 g/mol. The van der Waals surface area contributed by atoms with Crippen LogP contribution in [0, 0.1) is 11.6 Å². The molecule has 2 amide bonds. The van der Waals surface area contributed by atoms with Crippen molar-refractivity contribution in [2.75, 3.05) is 5.75 Å². The van der Waals surface area contributed by atoms with Crippen molar-refractivity contribution in [1.82, 2.24) is 10.2 Å². The van der Waals surface area contributed by atoms with Crippen LogP contribution in [0.25, 0.3) is 0 Å². The van der Waals surface area contributed by atoms with E-state index in [9.17, 15) is 18.4 Å². The molecule has 0 aromatic heterocycles. The van der Waals surface area contributed by atoms with E-state index in [0.29, 0.717) is 17.0 Å². The van der Waals surface area contributed by atoms with Gasteiger partial charge in [0.05, 0.1) is 5.75 Å². The number of carbonyl (C=O) groups is 2. The Labute approximate surface area is 209 Å². The van der Waals surface area contributed by atoms with Crippen LogP contribution in [0.15, 0.2) is 42.5 Å². The van der Waals surface area contributed by atoms with Crippen LogP contribution >= 0.6 is 23.4 Å². The quantitative estimate of drug-likeness (QED) is 0.421. The summed E-state index contributed by atoms with van der Waals surface area (Å²) in [5.74, 6) is -0.847. The van der Waals surface area contributed by atoms with Gasteiger partial charge in [0, 0.05) is 28.9 Å². The molecule has 0 radical (unpaired) electrons. The van der Waals surface area contributed by atoms with E-state index in [1.165, 1.54) is 42.4 Å². The van der Waals surface area contributed by atoms with Crippen molar-refractivity contribution in [3.8, 4) is 0 Å². The SMILES string of the molecule is CC[C@H](C(=O)NC1CCCCC1)N(Cc1ccc(F)cc1)C(=O)CSCc1c(F)cccc1Cl. The normalized spacial score (nSPS) is 15.1. The third kappa shape index (κ3) is 7.44. The lowest BCUT2D eigenvalue weighted by Crippen LogP contribution is -2.52. The number of halogens is 3. The van der Waals surface area contributed by atoms with Gasteiger partial charge in [0.25, 0.3) is 0 Å². The zero-order valence-corrected chi connectivity index (χ0v) is 20.9. The van der Waals surface area contributed by atoms with Crippen molar-refractivity contribution >= 4 is 35.2 Å². The first-order valence-electron chi connectivity index (χ1n) is 11.7. The Morgan fingerprint density at radius 3 is 2.47 bits per heavy atom. The summed E-state index contributed by atoms with van der Waals surface area (Å²) in [7, 11) is 0. The average molecular weight is 509 g/mol. The third-order valence-corrected chi connectivity index (χ3v) is 7.44. The van der Waals surface area contributed by atoms with Gasteiger partial charge >= 0.3 is 0 Å². The minimum Gasteiger partial charge on any atom is -0.352 e. The van der Waals surface area contributed by atoms with Gasteiger partial charge in [-0.2, -0.15) is 0 Å². The number of hydrogen-bond acceptors (Lipinski definition) is 3. The highest BCUT2D eigenvalue weighted by atomic mass is 35.5. The second kappa shape index (κ2) is 13.1. The highest BCUT2D eigenvalue weighted by Crippen LogP contribution is 2.25. The molecule has 34 heavy (non-hydrogen) atoms. The molecule has 0 unspecified atom stereocenters. The van der Waals surface area contributed by atoms with Crippen molar-refractivity contribution in [1.29, 1.82) is 0 Å². The Kier molecular flexibility index (Phi) is 10.2. The highest BCUT2D eigenvalue weighted by molar-refractivity contribution is 7.99. The van der Waals surface area contributed by atoms with Crippen LogP contribution in [0.1, 0.15) is 56.6 Å². The predicted molar refractivity (Wildman–Crippen MR) is 134 cm³/mol. The molecule has 1 atom stereocenters. The number of benzene rings is 2. The molecule has 0 bridgehead atoms. The van der Waals surface area contributed by atoms with Gasteiger partial charge in [-0.15, -0.1) is 11.8 Å². The number of nitrogens with zero attached hydrogens (tertiary/aromatic N) is 1. The molecule has 1 aliphatic rings. The Hall–Kier alpha value is -2.12. The summed E-state index contributed by atoms with van der Waals surface area (Å²) < 4.78 is 27.5. The molecule has 2 aromatic rings. The van der Waals surface area contributed by atoms with E-state index in [-0.39, 0.29) is 41.7 Å². The maximum Gasteiger partial charge on any atom is 0.243 e. The molecule has 1 N–H and O–H groups in total. The van der Waals surface area contributed by atoms with Gasteiger partial charge in [-0.3, -0.25) is 9.59 Å². The maximum atomic E-state index is 14.1. The van der Waals surface area contributed by atoms with Crippen molar-refractivity contribution in [2.24, 2.45) is 0 Å². The van der Waals surface area contributed by atoms with Crippen LogP contribution < -0.4 is 5.32 Å². The van der Waals surface area contributed by atoms with Gasteiger partial charge in [0.15, 0.2) is 0 Å². The molecule has 3 rings (SSSR count). The van der Waals surface area contributed by atoms with E-state index >= 15 is 0 Å². The summed E-state index contributed by atoms with van der Waals surface area (Å²) in [6, 6.07) is 9.91. The number of rotatable bonds is 10. The first-order valence-corrected chi connectivity index (χ1v) is 13.3. The number of hydrogen-bond donors (Lipinski definition) is 1. The van der Waals surface area contributed by atoms with Gasteiger partial charge in [0.2, 0.25) is 11.8 Å². The molecule has 1 fully saturated rings. The van der Waals surface area contributed by atoms with Crippen LogP contribution in [0.3, 0.4) is 0 Å². The summed E-state index contributed by atoms with van der Waals surface area (Å²) >= 11 is 7.35. The van der Waals surface area contributed by atoms with Crippen molar-refractivity contribution in [2.45, 2.75) is 69.8 Å². The van der Waals surface area contributed by atoms with E-state index < -0.39 is 11.9 Å². The Balaban J connectivity index is 1.72. The Morgan fingerprint density at radius 2 is 1.82 bits per heavy atom.